The molecule has 0 spiro atoms. The van der Waals surface area contributed by atoms with E-state index in [1.807, 2.05) is 73.3 Å². The smallest absolute Gasteiger partial charge is 0.229 e. The van der Waals surface area contributed by atoms with Crippen LogP contribution >= 0.6 is 23.2 Å². The molecule has 2 aliphatic heterocycles. The Balaban J connectivity index is 1.65. The molecule has 2 saturated heterocycles. The van der Waals surface area contributed by atoms with Crippen molar-refractivity contribution in [1.29, 1.82) is 0 Å². The van der Waals surface area contributed by atoms with Gasteiger partial charge in [-0.25, -0.2) is 13.4 Å². The van der Waals surface area contributed by atoms with Gasteiger partial charge in [0, 0.05) is 53.3 Å². The number of nitrogens with zero attached hydrogens (tertiary/aromatic N) is 3. The van der Waals surface area contributed by atoms with Crippen molar-refractivity contribution >= 4 is 39.1 Å². The third-order valence-corrected chi connectivity index (χ3v) is 11.0. The summed E-state index contributed by atoms with van der Waals surface area (Å²) in [5, 5.41) is 1.23. The van der Waals surface area contributed by atoms with Crippen molar-refractivity contribution in [2.24, 2.45) is 5.41 Å². The highest BCUT2D eigenvalue weighted by molar-refractivity contribution is 7.89. The van der Waals surface area contributed by atoms with Crippen molar-refractivity contribution in [3.63, 3.8) is 0 Å². The zero-order chi connectivity index (χ0) is 30.1. The number of aromatic nitrogens is 1. The minimum absolute atomic E-state index is 0.0196. The number of carbonyl (C=O) groups is 1. The molecule has 224 valence electrons. The average molecular weight is 631 g/mol. The second kappa shape index (κ2) is 12.5. The molecule has 2 aliphatic rings. The number of carbonyl (C=O) groups excluding carboxylic acids is 1. The number of ether oxygens (including phenoxy) is 1. The summed E-state index contributed by atoms with van der Waals surface area (Å²) in [4.78, 5) is 21.5. The van der Waals surface area contributed by atoms with Crippen LogP contribution in [0.1, 0.15) is 61.9 Å². The fraction of sp³-hybridized carbons (Fsp3) is 0.438. The number of piperidine rings is 1. The fourth-order valence-electron chi connectivity index (χ4n) is 6.56. The molecule has 0 radical (unpaired) electrons. The van der Waals surface area contributed by atoms with Gasteiger partial charge in [0.05, 0.1) is 24.3 Å². The summed E-state index contributed by atoms with van der Waals surface area (Å²) in [5.74, 6) is 0.492. The molecule has 1 aromatic heterocycles. The molecule has 42 heavy (non-hydrogen) atoms. The molecule has 2 fully saturated rings. The van der Waals surface area contributed by atoms with E-state index in [-0.39, 0.29) is 36.2 Å². The molecule has 4 unspecified atom stereocenters. The Morgan fingerprint density at radius 2 is 1.79 bits per heavy atom. The molecule has 7 nitrogen and oxygen atoms in total. The topological polar surface area (TPSA) is 79.8 Å². The van der Waals surface area contributed by atoms with Gasteiger partial charge in [0.2, 0.25) is 21.8 Å². The number of halogens is 2. The number of amides is 1. The lowest BCUT2D eigenvalue weighted by Gasteiger charge is -2.52. The van der Waals surface area contributed by atoms with Gasteiger partial charge in [-0.1, -0.05) is 67.4 Å². The van der Waals surface area contributed by atoms with E-state index in [2.05, 4.69) is 11.1 Å². The highest BCUT2D eigenvalue weighted by atomic mass is 35.5. The van der Waals surface area contributed by atoms with Crippen LogP contribution in [0.25, 0.3) is 0 Å². The van der Waals surface area contributed by atoms with Crippen LogP contribution in [-0.2, 0) is 21.2 Å². The van der Waals surface area contributed by atoms with Gasteiger partial charge < -0.3 is 9.64 Å². The largest absolute Gasteiger partial charge is 0.481 e. The van der Waals surface area contributed by atoms with Crippen LogP contribution in [0.15, 0.2) is 66.7 Å². The van der Waals surface area contributed by atoms with Gasteiger partial charge in [0.25, 0.3) is 0 Å². The van der Waals surface area contributed by atoms with E-state index in [0.29, 0.717) is 48.2 Å². The van der Waals surface area contributed by atoms with Gasteiger partial charge in [0.1, 0.15) is 0 Å². The second-order valence-electron chi connectivity index (χ2n) is 11.6. The van der Waals surface area contributed by atoms with E-state index in [1.54, 1.807) is 17.5 Å². The number of pyridine rings is 1. The number of hydrogen-bond acceptors (Lipinski definition) is 5. The summed E-state index contributed by atoms with van der Waals surface area (Å²) in [6.07, 6.45) is 2.14. The molecule has 4 atom stereocenters. The van der Waals surface area contributed by atoms with E-state index < -0.39 is 15.4 Å². The molecule has 0 bridgehead atoms. The Bertz CT molecular complexity index is 1530. The van der Waals surface area contributed by atoms with E-state index >= 15 is 0 Å². The number of sulfonamides is 1. The number of methoxy groups -OCH3 is 1. The van der Waals surface area contributed by atoms with E-state index in [9.17, 15) is 13.2 Å². The molecule has 0 saturated carbocycles. The van der Waals surface area contributed by atoms with Gasteiger partial charge in [-0.15, -0.1) is 0 Å². The number of likely N-dealkylation sites (tertiary alicyclic amines) is 1. The molecule has 0 aliphatic carbocycles. The van der Waals surface area contributed by atoms with Crippen molar-refractivity contribution in [3.05, 3.63) is 93.6 Å². The summed E-state index contributed by atoms with van der Waals surface area (Å²) < 4.78 is 32.7. The third-order valence-electron chi connectivity index (χ3n) is 8.63. The molecular formula is C32H37Cl2N3O4S. The molecule has 10 heteroatoms. The zero-order valence-electron chi connectivity index (χ0n) is 24.2. The van der Waals surface area contributed by atoms with Gasteiger partial charge in [-0.3, -0.25) is 4.79 Å². The lowest BCUT2D eigenvalue weighted by molar-refractivity contribution is -0.155. The van der Waals surface area contributed by atoms with Crippen LogP contribution in [0.3, 0.4) is 0 Å². The van der Waals surface area contributed by atoms with Crippen molar-refractivity contribution in [2.45, 2.75) is 57.5 Å². The molecule has 0 N–H and O–H groups in total. The minimum Gasteiger partial charge on any atom is -0.481 e. The maximum atomic E-state index is 14.9. The molecule has 1 amide bonds. The standard InChI is InChI=1S/C32H37Cl2N3O4S/c1-4-27(21-36-16-7-17-42(36,39)40)37-30(22-12-14-24(33)15-13-22)28(23-8-5-9-25(34)18-23)20-32(2,31(37)38)19-26-10-6-11-29(35-26)41-3/h5-6,8-15,18,27-28,30H,4,7,16-17,19-21H2,1-3H3. The van der Waals surface area contributed by atoms with Gasteiger partial charge in [-0.05, 0) is 60.7 Å². The minimum atomic E-state index is -3.36. The first kappa shape index (κ1) is 30.8. The predicted octanol–water partition coefficient (Wildman–Crippen LogP) is 6.52. The van der Waals surface area contributed by atoms with Crippen LogP contribution in [0.4, 0.5) is 0 Å². The summed E-state index contributed by atoms with van der Waals surface area (Å²) in [6.45, 7) is 4.74. The quantitative estimate of drug-likeness (QED) is 0.269. The SMILES string of the molecule is CCC(CN1CCCS1(=O)=O)N1C(=O)C(C)(Cc2cccc(OC)n2)CC(c2cccc(Cl)c2)C1c1ccc(Cl)cc1. The van der Waals surface area contributed by atoms with Crippen LogP contribution < -0.4 is 4.74 Å². The molecular weight excluding hydrogens is 593 g/mol. The predicted molar refractivity (Wildman–Crippen MR) is 167 cm³/mol. The molecule has 3 aromatic rings. The van der Waals surface area contributed by atoms with Crippen LogP contribution in [0.5, 0.6) is 5.88 Å². The van der Waals surface area contributed by atoms with Crippen molar-refractivity contribution in [1.82, 2.24) is 14.2 Å². The second-order valence-corrected chi connectivity index (χ2v) is 14.5. The maximum absolute atomic E-state index is 14.9. The molecule has 2 aromatic carbocycles. The Morgan fingerprint density at radius 1 is 1.05 bits per heavy atom. The van der Waals surface area contributed by atoms with E-state index in [1.165, 1.54) is 0 Å². The summed E-state index contributed by atoms with van der Waals surface area (Å²) in [6, 6.07) is 20.3. The van der Waals surface area contributed by atoms with E-state index in [4.69, 9.17) is 27.9 Å². The fourth-order valence-corrected chi connectivity index (χ4v) is 8.45. The highest BCUT2D eigenvalue weighted by Gasteiger charge is 2.52. The van der Waals surface area contributed by atoms with Gasteiger partial charge in [-0.2, -0.15) is 4.31 Å². The Kier molecular flexibility index (Phi) is 9.19. The Labute approximate surface area is 258 Å². The lowest BCUT2D eigenvalue weighted by atomic mass is 9.66. The van der Waals surface area contributed by atoms with Gasteiger partial charge in [0.15, 0.2) is 0 Å². The lowest BCUT2D eigenvalue weighted by Crippen LogP contribution is -2.58. The van der Waals surface area contributed by atoms with Crippen LogP contribution in [0.2, 0.25) is 10.0 Å². The number of benzene rings is 2. The summed E-state index contributed by atoms with van der Waals surface area (Å²) >= 11 is 12.8. The van der Waals surface area contributed by atoms with Crippen molar-refractivity contribution in [2.75, 3.05) is 26.0 Å². The van der Waals surface area contributed by atoms with E-state index in [0.717, 1.165) is 16.8 Å². The summed E-state index contributed by atoms with van der Waals surface area (Å²) in [5.41, 5.74) is 1.90. The average Bonchev–Trinajstić information content (AvgIpc) is 3.31. The number of hydrogen-bond donors (Lipinski definition) is 0. The first-order chi connectivity index (χ1) is 20.0. The monoisotopic (exact) mass is 629 g/mol. The van der Waals surface area contributed by atoms with Crippen LogP contribution in [-0.4, -0.2) is 60.5 Å². The highest BCUT2D eigenvalue weighted by Crippen LogP contribution is 2.52. The first-order valence-electron chi connectivity index (χ1n) is 14.4. The third kappa shape index (κ3) is 6.32. The molecule has 5 rings (SSSR count). The number of rotatable bonds is 9. The molecule has 3 heterocycles. The Morgan fingerprint density at radius 3 is 2.43 bits per heavy atom. The normalized spacial score (nSPS) is 25.0. The first-order valence-corrected chi connectivity index (χ1v) is 16.7. The van der Waals surface area contributed by atoms with Gasteiger partial charge >= 0.3 is 0 Å². The Hall–Kier alpha value is -2.65. The maximum Gasteiger partial charge on any atom is 0.229 e. The zero-order valence-corrected chi connectivity index (χ0v) is 26.5. The van der Waals surface area contributed by atoms with Crippen molar-refractivity contribution < 1.29 is 17.9 Å². The summed E-state index contributed by atoms with van der Waals surface area (Å²) in [7, 11) is -1.78. The van der Waals surface area contributed by atoms with Crippen LogP contribution in [0, 0.1) is 5.41 Å². The van der Waals surface area contributed by atoms with Crippen molar-refractivity contribution in [3.8, 4) is 5.88 Å².